The van der Waals surface area contributed by atoms with Crippen LogP contribution in [0.2, 0.25) is 0 Å². The number of ether oxygens (including phenoxy) is 1. The molecule has 144 valence electrons. The number of halogens is 1. The van der Waals surface area contributed by atoms with Crippen molar-refractivity contribution in [2.24, 2.45) is 11.7 Å². The first-order valence-corrected chi connectivity index (χ1v) is 8.94. The topological polar surface area (TPSA) is 102 Å². The Kier molecular flexibility index (Phi) is 4.68. The summed E-state index contributed by atoms with van der Waals surface area (Å²) >= 11 is 0. The fraction of sp³-hybridized carbons (Fsp3) is 0.250. The first kappa shape index (κ1) is 18.0. The van der Waals surface area contributed by atoms with Crippen molar-refractivity contribution in [2.75, 3.05) is 24.6 Å². The van der Waals surface area contributed by atoms with Gasteiger partial charge in [-0.15, -0.1) is 0 Å². The van der Waals surface area contributed by atoms with Gasteiger partial charge in [-0.05, 0) is 36.8 Å². The molecule has 8 heteroatoms. The molecule has 1 aliphatic heterocycles. The number of aromatic hydroxyl groups is 1. The number of aromatic nitrogens is 2. The van der Waals surface area contributed by atoms with E-state index in [-0.39, 0.29) is 24.1 Å². The maximum atomic E-state index is 13.9. The lowest BCUT2D eigenvalue weighted by Crippen LogP contribution is -2.24. The van der Waals surface area contributed by atoms with Crippen LogP contribution in [0.15, 0.2) is 42.5 Å². The number of phenolic OH excluding ortho intramolecular Hbond substituents is 1. The van der Waals surface area contributed by atoms with E-state index in [9.17, 15) is 14.3 Å². The molecule has 1 aliphatic rings. The van der Waals surface area contributed by atoms with Crippen molar-refractivity contribution in [1.82, 2.24) is 9.97 Å². The largest absolute Gasteiger partial charge is 0.507 e. The van der Waals surface area contributed by atoms with Gasteiger partial charge in [0.25, 0.3) is 0 Å². The SMILES string of the molecule is NC(=O)OCC1CCN(c2nc(-c3ccccc3O)nc3ccc(F)cc23)C1. The van der Waals surface area contributed by atoms with E-state index in [1.807, 2.05) is 4.90 Å². The van der Waals surface area contributed by atoms with Crippen LogP contribution < -0.4 is 10.6 Å². The number of anilines is 1. The molecule has 1 unspecified atom stereocenters. The van der Waals surface area contributed by atoms with Crippen molar-refractivity contribution in [1.29, 1.82) is 0 Å². The van der Waals surface area contributed by atoms with Crippen molar-refractivity contribution in [2.45, 2.75) is 6.42 Å². The molecule has 1 fully saturated rings. The Morgan fingerprint density at radius 2 is 2.11 bits per heavy atom. The first-order valence-electron chi connectivity index (χ1n) is 8.94. The first-order chi connectivity index (χ1) is 13.5. The number of fused-ring (bicyclic) bond motifs is 1. The second-order valence-electron chi connectivity index (χ2n) is 6.78. The van der Waals surface area contributed by atoms with Gasteiger partial charge in [-0.1, -0.05) is 12.1 Å². The number of rotatable bonds is 4. The fourth-order valence-corrected chi connectivity index (χ4v) is 3.47. The van der Waals surface area contributed by atoms with Crippen LogP contribution in [0.4, 0.5) is 15.0 Å². The smallest absolute Gasteiger partial charge is 0.404 e. The van der Waals surface area contributed by atoms with E-state index in [1.165, 1.54) is 12.1 Å². The van der Waals surface area contributed by atoms with Gasteiger partial charge < -0.3 is 20.5 Å². The zero-order valence-electron chi connectivity index (χ0n) is 15.0. The second kappa shape index (κ2) is 7.30. The lowest BCUT2D eigenvalue weighted by Gasteiger charge is -2.20. The van der Waals surface area contributed by atoms with Gasteiger partial charge in [-0.3, -0.25) is 0 Å². The highest BCUT2D eigenvalue weighted by atomic mass is 19.1. The molecule has 1 aromatic heterocycles. The Bertz CT molecular complexity index is 1040. The van der Waals surface area contributed by atoms with Crippen LogP contribution >= 0.6 is 0 Å². The Morgan fingerprint density at radius 1 is 1.29 bits per heavy atom. The standard InChI is InChI=1S/C20H19FN4O3/c21-13-5-6-16-15(9-13)19(25-8-7-12(10-25)11-28-20(22)27)24-18(23-16)14-3-1-2-4-17(14)26/h1-6,9,12,26H,7-8,10-11H2,(H2,22,27). The van der Waals surface area contributed by atoms with E-state index in [0.717, 1.165) is 6.42 Å². The van der Waals surface area contributed by atoms with Crippen LogP contribution in [0.5, 0.6) is 5.75 Å². The van der Waals surface area contributed by atoms with Crippen LogP contribution in [0.1, 0.15) is 6.42 Å². The zero-order chi connectivity index (χ0) is 19.7. The Morgan fingerprint density at radius 3 is 2.89 bits per heavy atom. The lowest BCUT2D eigenvalue weighted by atomic mass is 10.1. The summed E-state index contributed by atoms with van der Waals surface area (Å²) in [6, 6.07) is 11.2. The van der Waals surface area contributed by atoms with Gasteiger partial charge in [-0.2, -0.15) is 0 Å². The number of hydrogen-bond donors (Lipinski definition) is 2. The quantitative estimate of drug-likeness (QED) is 0.719. The molecule has 1 amide bonds. The normalized spacial score (nSPS) is 16.5. The van der Waals surface area contributed by atoms with Crippen LogP contribution in [0.25, 0.3) is 22.3 Å². The van der Waals surface area contributed by atoms with Crippen LogP contribution in [0.3, 0.4) is 0 Å². The molecule has 0 spiro atoms. The molecule has 2 heterocycles. The molecule has 0 saturated carbocycles. The van der Waals surface area contributed by atoms with E-state index >= 15 is 0 Å². The molecule has 28 heavy (non-hydrogen) atoms. The summed E-state index contributed by atoms with van der Waals surface area (Å²) in [5, 5.41) is 10.8. The summed E-state index contributed by atoms with van der Waals surface area (Å²) in [5.41, 5.74) is 6.13. The van der Waals surface area contributed by atoms with Crippen molar-refractivity contribution in [3.05, 3.63) is 48.3 Å². The van der Waals surface area contributed by atoms with Crippen LogP contribution in [-0.4, -0.2) is 40.9 Å². The lowest BCUT2D eigenvalue weighted by molar-refractivity contribution is 0.140. The molecule has 4 rings (SSSR count). The summed E-state index contributed by atoms with van der Waals surface area (Å²) in [5.74, 6) is 0.762. The number of nitrogens with two attached hydrogens (primary N) is 1. The van der Waals surface area contributed by atoms with Crippen molar-refractivity contribution >= 4 is 22.8 Å². The average Bonchev–Trinajstić information content (AvgIpc) is 3.15. The van der Waals surface area contributed by atoms with Crippen molar-refractivity contribution in [3.8, 4) is 17.1 Å². The van der Waals surface area contributed by atoms with Gasteiger partial charge in [0, 0.05) is 24.4 Å². The van der Waals surface area contributed by atoms with E-state index in [2.05, 4.69) is 9.97 Å². The van der Waals surface area contributed by atoms with Crippen molar-refractivity contribution < 1.29 is 19.0 Å². The van der Waals surface area contributed by atoms with Gasteiger partial charge >= 0.3 is 6.09 Å². The zero-order valence-corrected chi connectivity index (χ0v) is 15.0. The summed E-state index contributed by atoms with van der Waals surface area (Å²) in [7, 11) is 0. The highest BCUT2D eigenvalue weighted by molar-refractivity contribution is 5.91. The number of phenols is 1. The average molecular weight is 382 g/mol. The number of para-hydroxylation sites is 1. The van der Waals surface area contributed by atoms with Crippen LogP contribution in [-0.2, 0) is 4.74 Å². The highest BCUT2D eigenvalue weighted by Crippen LogP contribution is 2.33. The molecule has 2 aromatic carbocycles. The molecule has 3 N–H and O–H groups in total. The highest BCUT2D eigenvalue weighted by Gasteiger charge is 2.27. The van der Waals surface area contributed by atoms with Crippen LogP contribution in [0, 0.1) is 11.7 Å². The van der Waals surface area contributed by atoms with Crippen molar-refractivity contribution in [3.63, 3.8) is 0 Å². The van der Waals surface area contributed by atoms with Gasteiger partial charge in [0.2, 0.25) is 0 Å². The van der Waals surface area contributed by atoms with Gasteiger partial charge in [-0.25, -0.2) is 19.2 Å². The molecule has 7 nitrogen and oxygen atoms in total. The molecule has 1 saturated heterocycles. The van der Waals surface area contributed by atoms with Gasteiger partial charge in [0.1, 0.15) is 17.4 Å². The summed E-state index contributed by atoms with van der Waals surface area (Å²) in [4.78, 5) is 22.0. The molecule has 0 aliphatic carbocycles. The molecular formula is C20H19FN4O3. The minimum Gasteiger partial charge on any atom is -0.507 e. The Balaban J connectivity index is 1.75. The third kappa shape index (κ3) is 3.53. The number of primary amides is 1. The van der Waals surface area contributed by atoms with Gasteiger partial charge in [0.05, 0.1) is 17.7 Å². The molecule has 0 radical (unpaired) electrons. The molecule has 0 bridgehead atoms. The number of carbonyl (C=O) groups excluding carboxylic acids is 1. The number of hydrogen-bond acceptors (Lipinski definition) is 6. The second-order valence-corrected chi connectivity index (χ2v) is 6.78. The number of carbonyl (C=O) groups is 1. The number of nitrogens with zero attached hydrogens (tertiary/aromatic N) is 3. The number of amides is 1. The predicted molar refractivity (Wildman–Crippen MR) is 102 cm³/mol. The Labute approximate surface area is 160 Å². The summed E-state index contributed by atoms with van der Waals surface area (Å²) in [6.45, 7) is 1.50. The molecule has 3 aromatic rings. The fourth-order valence-electron chi connectivity index (χ4n) is 3.47. The van der Waals surface area contributed by atoms with E-state index in [1.54, 1.807) is 30.3 Å². The van der Waals surface area contributed by atoms with E-state index in [0.29, 0.717) is 41.2 Å². The van der Waals surface area contributed by atoms with E-state index < -0.39 is 6.09 Å². The predicted octanol–water partition coefficient (Wildman–Crippen LogP) is 3.06. The minimum absolute atomic E-state index is 0.0732. The monoisotopic (exact) mass is 382 g/mol. The summed E-state index contributed by atoms with van der Waals surface area (Å²) < 4.78 is 18.8. The maximum absolute atomic E-state index is 13.9. The van der Waals surface area contributed by atoms with E-state index in [4.69, 9.17) is 10.5 Å². The molecular weight excluding hydrogens is 363 g/mol. The Hall–Kier alpha value is -3.42. The minimum atomic E-state index is -0.796. The summed E-state index contributed by atoms with van der Waals surface area (Å²) in [6.07, 6.45) is -0.00476. The third-order valence-corrected chi connectivity index (χ3v) is 4.83. The van der Waals surface area contributed by atoms with Gasteiger partial charge in [0.15, 0.2) is 5.82 Å². The number of benzene rings is 2. The third-order valence-electron chi connectivity index (χ3n) is 4.83. The maximum Gasteiger partial charge on any atom is 0.404 e. The molecule has 1 atom stereocenters.